The molecule has 34 heavy (non-hydrogen) atoms. The summed E-state index contributed by atoms with van der Waals surface area (Å²) in [4.78, 5) is 57.5. The minimum Gasteiger partial charge on any atom is -0.493 e. The number of allylic oxidation sites excluding steroid dienone is 4. The third-order valence-electron chi connectivity index (χ3n) is 6.04. The first kappa shape index (κ1) is 21.3. The molecule has 0 radical (unpaired) electrons. The number of nitrogens with zero attached hydrogens (tertiary/aromatic N) is 2. The van der Waals surface area contributed by atoms with Gasteiger partial charge in [0.2, 0.25) is 5.88 Å². The smallest absolute Gasteiger partial charge is 0.335 e. The Bertz CT molecular complexity index is 1550. The topological polar surface area (TPSA) is 122 Å². The van der Waals surface area contributed by atoms with Gasteiger partial charge in [0, 0.05) is 11.8 Å². The van der Waals surface area contributed by atoms with Crippen molar-refractivity contribution in [3.63, 3.8) is 0 Å². The molecule has 0 fully saturated rings. The average Bonchev–Trinajstić information content (AvgIpc) is 2.83. The number of aromatic amines is 1. The Morgan fingerprint density at radius 3 is 2.32 bits per heavy atom. The molecule has 5 rings (SSSR count). The van der Waals surface area contributed by atoms with Crippen LogP contribution in [0.5, 0.6) is 5.88 Å². The number of hydrogen-bond acceptors (Lipinski definition) is 6. The minimum atomic E-state index is -0.831. The Balaban J connectivity index is 1.61. The summed E-state index contributed by atoms with van der Waals surface area (Å²) in [6.45, 7) is 1.88. The number of aromatic hydroxyl groups is 1. The van der Waals surface area contributed by atoms with E-state index in [9.17, 15) is 24.3 Å². The zero-order chi connectivity index (χ0) is 24.0. The number of rotatable bonds is 3. The lowest BCUT2D eigenvalue weighted by Gasteiger charge is -2.28. The van der Waals surface area contributed by atoms with Crippen LogP contribution in [0.3, 0.4) is 0 Å². The van der Waals surface area contributed by atoms with Crippen molar-refractivity contribution in [2.24, 2.45) is 16.8 Å². The zero-order valence-corrected chi connectivity index (χ0v) is 18.1. The van der Waals surface area contributed by atoms with E-state index in [4.69, 9.17) is 0 Å². The fourth-order valence-corrected chi connectivity index (χ4v) is 4.29. The number of benzene rings is 2. The molecule has 0 saturated carbocycles. The molecule has 0 saturated heterocycles. The van der Waals surface area contributed by atoms with Gasteiger partial charge in [-0.25, -0.2) is 9.36 Å². The lowest BCUT2D eigenvalue weighted by Crippen LogP contribution is -2.35. The maximum Gasteiger partial charge on any atom is 0.335 e. The predicted octanol–water partition coefficient (Wildman–Crippen LogP) is 3.03. The molecule has 8 nitrogen and oxygen atoms in total. The summed E-state index contributed by atoms with van der Waals surface area (Å²) in [7, 11) is 0. The van der Waals surface area contributed by atoms with Gasteiger partial charge in [-0.15, -0.1) is 0 Å². The second-order valence-electron chi connectivity index (χ2n) is 8.18. The summed E-state index contributed by atoms with van der Waals surface area (Å²) in [5.74, 6) is -2.16. The van der Waals surface area contributed by atoms with E-state index in [1.807, 2.05) is 6.92 Å². The molecule has 0 bridgehead atoms. The largest absolute Gasteiger partial charge is 0.493 e. The van der Waals surface area contributed by atoms with Gasteiger partial charge in [-0.1, -0.05) is 54.1 Å². The first-order chi connectivity index (χ1) is 16.4. The lowest BCUT2D eigenvalue weighted by atomic mass is 9.72. The minimum absolute atomic E-state index is 0.174. The van der Waals surface area contributed by atoms with Crippen molar-refractivity contribution in [1.82, 2.24) is 9.55 Å². The van der Waals surface area contributed by atoms with Gasteiger partial charge < -0.3 is 5.11 Å². The lowest BCUT2D eigenvalue weighted by molar-refractivity contribution is 0.0802. The van der Waals surface area contributed by atoms with Crippen LogP contribution in [0, 0.1) is 18.8 Å². The molecule has 2 aliphatic carbocycles. The Kier molecular flexibility index (Phi) is 5.05. The van der Waals surface area contributed by atoms with Crippen molar-refractivity contribution < 1.29 is 14.7 Å². The summed E-state index contributed by atoms with van der Waals surface area (Å²) in [6.07, 6.45) is 7.98. The predicted molar refractivity (Wildman–Crippen MR) is 127 cm³/mol. The molecule has 0 unspecified atom stereocenters. The van der Waals surface area contributed by atoms with Crippen LogP contribution in [-0.2, 0) is 0 Å². The van der Waals surface area contributed by atoms with E-state index < -0.39 is 29.0 Å². The summed E-state index contributed by atoms with van der Waals surface area (Å²) < 4.78 is 0.959. The van der Waals surface area contributed by atoms with Crippen LogP contribution in [0.2, 0.25) is 0 Å². The van der Waals surface area contributed by atoms with E-state index in [2.05, 4.69) is 9.98 Å². The number of fused-ring (bicyclic) bond motifs is 2. The highest BCUT2D eigenvalue weighted by Gasteiger charge is 2.40. The van der Waals surface area contributed by atoms with Crippen LogP contribution in [0.4, 0.5) is 5.69 Å². The van der Waals surface area contributed by atoms with Gasteiger partial charge in [-0.05, 0) is 25.1 Å². The first-order valence-electron chi connectivity index (χ1n) is 10.6. The molecule has 0 spiro atoms. The molecule has 8 heteroatoms. The molecule has 2 aliphatic rings. The van der Waals surface area contributed by atoms with Crippen molar-refractivity contribution >= 4 is 23.5 Å². The molecular weight excluding hydrogens is 434 g/mol. The Hall–Kier alpha value is -4.59. The van der Waals surface area contributed by atoms with Crippen LogP contribution in [-0.4, -0.2) is 32.4 Å². The number of carbonyl (C=O) groups is 2. The standard InChI is InChI=1S/C26H19N3O5/c1-14-9-11-15(12-10-14)29-25(33)19(24(32)28-26(29)34)13-27-20-8-4-7-18-21(20)23(31)17-6-3-2-5-16(17)22(18)30/h2-13,16-17,33H,1H3,(H,28,32,34)/t16-,17+/m0/s1. The fourth-order valence-electron chi connectivity index (χ4n) is 4.29. The molecule has 168 valence electrons. The molecular formula is C26H19N3O5. The third-order valence-corrected chi connectivity index (χ3v) is 6.04. The van der Waals surface area contributed by atoms with Gasteiger partial charge in [0.25, 0.3) is 5.56 Å². The van der Waals surface area contributed by atoms with Crippen LogP contribution in [0.15, 0.2) is 81.4 Å². The molecule has 1 aromatic heterocycles. The van der Waals surface area contributed by atoms with Crippen molar-refractivity contribution in [2.45, 2.75) is 6.92 Å². The normalized spacial score (nSPS) is 18.9. The van der Waals surface area contributed by atoms with Gasteiger partial charge in [0.1, 0.15) is 5.56 Å². The molecule has 0 amide bonds. The summed E-state index contributed by atoms with van der Waals surface area (Å²) in [5.41, 5.74) is 0.0686. The summed E-state index contributed by atoms with van der Waals surface area (Å²) >= 11 is 0. The number of ketones is 2. The molecule has 1 heterocycles. The number of aryl methyl sites for hydroxylation is 1. The van der Waals surface area contributed by atoms with Crippen molar-refractivity contribution in [1.29, 1.82) is 0 Å². The van der Waals surface area contributed by atoms with E-state index in [1.165, 1.54) is 0 Å². The second-order valence-corrected chi connectivity index (χ2v) is 8.18. The Labute approximate surface area is 193 Å². The molecule has 3 aromatic rings. The number of aromatic nitrogens is 2. The highest BCUT2D eigenvalue weighted by molar-refractivity contribution is 6.19. The highest BCUT2D eigenvalue weighted by Crippen LogP contribution is 2.38. The van der Waals surface area contributed by atoms with Crippen molar-refractivity contribution in [3.05, 3.63) is 110 Å². The first-order valence-corrected chi connectivity index (χ1v) is 10.6. The average molecular weight is 453 g/mol. The number of Topliss-reactive ketones (excluding diaryl/α,β-unsaturated/α-hetero) is 2. The summed E-state index contributed by atoms with van der Waals surface area (Å²) in [5, 5.41) is 10.8. The molecule has 0 aliphatic heterocycles. The van der Waals surface area contributed by atoms with E-state index >= 15 is 0 Å². The highest BCUT2D eigenvalue weighted by atomic mass is 16.3. The van der Waals surface area contributed by atoms with Crippen molar-refractivity contribution in [2.75, 3.05) is 0 Å². The van der Waals surface area contributed by atoms with Crippen LogP contribution in [0.25, 0.3) is 5.69 Å². The van der Waals surface area contributed by atoms with Crippen LogP contribution in [0.1, 0.15) is 31.8 Å². The number of hydrogen-bond donors (Lipinski definition) is 2. The number of aliphatic imine (C=N–C) groups is 1. The van der Waals surface area contributed by atoms with Gasteiger partial charge in [-0.2, -0.15) is 0 Å². The van der Waals surface area contributed by atoms with E-state index in [0.29, 0.717) is 5.69 Å². The Morgan fingerprint density at radius 2 is 1.62 bits per heavy atom. The molecule has 2 N–H and O–H groups in total. The maximum atomic E-state index is 13.2. The number of nitrogens with one attached hydrogen (secondary N) is 1. The SMILES string of the molecule is Cc1ccc(-n2c(O)c(C=Nc3cccc4c3C(=O)[C@@H]3C=CC=C[C@@H]3C4=O)c(=O)[nH]c2=O)cc1. The van der Waals surface area contributed by atoms with Gasteiger partial charge in [-0.3, -0.25) is 24.4 Å². The van der Waals surface area contributed by atoms with Gasteiger partial charge >= 0.3 is 5.69 Å². The van der Waals surface area contributed by atoms with Gasteiger partial charge in [0.15, 0.2) is 11.6 Å². The Morgan fingerprint density at radius 1 is 0.941 bits per heavy atom. The second kappa shape index (κ2) is 8.08. The van der Waals surface area contributed by atoms with Crippen LogP contribution < -0.4 is 11.2 Å². The van der Waals surface area contributed by atoms with Gasteiger partial charge in [0.05, 0.1) is 28.8 Å². The van der Waals surface area contributed by atoms with Crippen LogP contribution >= 0.6 is 0 Å². The zero-order valence-electron chi connectivity index (χ0n) is 18.1. The van der Waals surface area contributed by atoms with Crippen molar-refractivity contribution in [3.8, 4) is 11.6 Å². The number of H-pyrrole nitrogens is 1. The number of carbonyl (C=O) groups excluding carboxylic acids is 2. The monoisotopic (exact) mass is 453 g/mol. The summed E-state index contributed by atoms with van der Waals surface area (Å²) in [6, 6.07) is 11.6. The fraction of sp³-hybridized carbons (Fsp3) is 0.115. The maximum absolute atomic E-state index is 13.2. The van der Waals surface area contributed by atoms with E-state index in [-0.39, 0.29) is 33.9 Å². The van der Waals surface area contributed by atoms with E-state index in [0.717, 1.165) is 16.3 Å². The quantitative estimate of drug-likeness (QED) is 0.591. The molecule has 2 atom stereocenters. The third kappa shape index (κ3) is 3.36. The molecule has 2 aromatic carbocycles. The van der Waals surface area contributed by atoms with E-state index in [1.54, 1.807) is 66.8 Å².